The number of methoxy groups -OCH3 is 2. The average Bonchev–Trinajstić information content (AvgIpc) is 2.58. The van der Waals surface area contributed by atoms with Gasteiger partial charge in [-0.1, -0.05) is 23.4 Å². The number of aromatic nitrogens is 2. The van der Waals surface area contributed by atoms with Crippen molar-refractivity contribution in [2.24, 2.45) is 5.10 Å². The molecule has 0 aliphatic rings. The fourth-order valence-electron chi connectivity index (χ4n) is 2.11. The van der Waals surface area contributed by atoms with Crippen molar-refractivity contribution in [2.75, 3.05) is 20.0 Å². The summed E-state index contributed by atoms with van der Waals surface area (Å²) in [6.45, 7) is 3.77. The minimum absolute atomic E-state index is 0.160. The molecule has 0 aliphatic carbocycles. The average molecular weight is 395 g/mol. The van der Waals surface area contributed by atoms with E-state index in [9.17, 15) is 4.79 Å². The summed E-state index contributed by atoms with van der Waals surface area (Å²) in [7, 11) is 3.03. The van der Waals surface area contributed by atoms with Crippen LogP contribution in [0.3, 0.4) is 0 Å². The number of halogens is 1. The van der Waals surface area contributed by atoms with Crippen molar-refractivity contribution in [3.8, 4) is 11.5 Å². The van der Waals surface area contributed by atoms with Gasteiger partial charge in [0.1, 0.15) is 0 Å². The Morgan fingerprint density at radius 3 is 2.54 bits per heavy atom. The molecule has 138 valence electrons. The van der Waals surface area contributed by atoms with Crippen molar-refractivity contribution >= 4 is 35.5 Å². The maximum Gasteiger partial charge on any atom is 0.250 e. The summed E-state index contributed by atoms with van der Waals surface area (Å²) in [6.07, 6.45) is 1.48. The van der Waals surface area contributed by atoms with E-state index in [0.717, 1.165) is 11.4 Å². The van der Waals surface area contributed by atoms with Crippen LogP contribution in [0.5, 0.6) is 11.5 Å². The van der Waals surface area contributed by atoms with E-state index in [1.54, 1.807) is 12.1 Å². The molecule has 0 aliphatic heterocycles. The predicted octanol–water partition coefficient (Wildman–Crippen LogP) is 3.01. The van der Waals surface area contributed by atoms with Gasteiger partial charge >= 0.3 is 0 Å². The van der Waals surface area contributed by atoms with Gasteiger partial charge in [0.05, 0.1) is 31.2 Å². The molecule has 0 saturated heterocycles. The molecule has 0 fully saturated rings. The third-order valence-electron chi connectivity index (χ3n) is 3.15. The number of hydrogen-bond donors (Lipinski definition) is 1. The summed E-state index contributed by atoms with van der Waals surface area (Å²) in [5.74, 6) is 0.823. The first-order chi connectivity index (χ1) is 12.4. The zero-order chi connectivity index (χ0) is 19.1. The number of benzene rings is 1. The van der Waals surface area contributed by atoms with Gasteiger partial charge in [0.15, 0.2) is 16.7 Å². The van der Waals surface area contributed by atoms with E-state index >= 15 is 0 Å². The number of amides is 1. The highest BCUT2D eigenvalue weighted by Gasteiger charge is 2.10. The lowest BCUT2D eigenvalue weighted by atomic mass is 10.2. The van der Waals surface area contributed by atoms with E-state index in [1.165, 1.54) is 32.2 Å². The van der Waals surface area contributed by atoms with Gasteiger partial charge < -0.3 is 9.47 Å². The molecule has 7 nitrogen and oxygen atoms in total. The predicted molar refractivity (Wildman–Crippen MR) is 103 cm³/mol. The van der Waals surface area contributed by atoms with Gasteiger partial charge in [-0.3, -0.25) is 4.79 Å². The zero-order valence-electron chi connectivity index (χ0n) is 14.9. The van der Waals surface area contributed by atoms with E-state index < -0.39 is 0 Å². The number of nitrogens with one attached hydrogen (secondary N) is 1. The van der Waals surface area contributed by atoms with Crippen LogP contribution in [0.25, 0.3) is 0 Å². The van der Waals surface area contributed by atoms with Crippen LogP contribution in [-0.2, 0) is 4.79 Å². The van der Waals surface area contributed by atoms with Crippen molar-refractivity contribution < 1.29 is 14.3 Å². The van der Waals surface area contributed by atoms with Crippen LogP contribution in [0.15, 0.2) is 28.5 Å². The summed E-state index contributed by atoms with van der Waals surface area (Å²) < 4.78 is 10.4. The Kier molecular flexibility index (Phi) is 7.23. The minimum atomic E-state index is -0.263. The van der Waals surface area contributed by atoms with Gasteiger partial charge in [-0.05, 0) is 37.6 Å². The Bertz CT molecular complexity index is 810. The highest BCUT2D eigenvalue weighted by atomic mass is 35.5. The quantitative estimate of drug-likeness (QED) is 0.336. The number of aryl methyl sites for hydroxylation is 2. The molecule has 1 N–H and O–H groups in total. The third-order valence-corrected chi connectivity index (χ3v) is 4.28. The van der Waals surface area contributed by atoms with Gasteiger partial charge in [0, 0.05) is 11.4 Å². The van der Waals surface area contributed by atoms with Gasteiger partial charge in [0.25, 0.3) is 5.91 Å². The largest absolute Gasteiger partial charge is 0.493 e. The van der Waals surface area contributed by atoms with Gasteiger partial charge in [-0.25, -0.2) is 15.4 Å². The molecule has 26 heavy (non-hydrogen) atoms. The molecule has 0 saturated carbocycles. The maximum atomic E-state index is 11.9. The Labute approximate surface area is 161 Å². The van der Waals surface area contributed by atoms with Crippen molar-refractivity contribution in [2.45, 2.75) is 19.0 Å². The molecule has 2 aromatic rings. The topological polar surface area (TPSA) is 85.7 Å². The first-order valence-electron chi connectivity index (χ1n) is 7.61. The van der Waals surface area contributed by atoms with E-state index in [4.69, 9.17) is 21.1 Å². The number of thioether (sulfide) groups is 1. The zero-order valence-corrected chi connectivity index (χ0v) is 16.4. The molecule has 1 heterocycles. The summed E-state index contributed by atoms with van der Waals surface area (Å²) in [6, 6.07) is 5.25. The monoisotopic (exact) mass is 394 g/mol. The van der Waals surface area contributed by atoms with Crippen LogP contribution in [0, 0.1) is 13.8 Å². The molecule has 0 atom stereocenters. The Hall–Kier alpha value is -2.32. The molecule has 0 bridgehead atoms. The van der Waals surface area contributed by atoms with Crippen molar-refractivity contribution in [1.29, 1.82) is 0 Å². The van der Waals surface area contributed by atoms with Crippen LogP contribution in [0.1, 0.15) is 17.0 Å². The number of carbonyl (C=O) groups is 1. The Morgan fingerprint density at radius 2 is 1.92 bits per heavy atom. The SMILES string of the molecule is COc1cc(/C=N\NC(=O)CSc2nc(C)cc(C)n2)cc(Cl)c1OC. The number of ether oxygens (including phenoxy) is 2. The fourth-order valence-corrected chi connectivity index (χ4v) is 3.15. The highest BCUT2D eigenvalue weighted by Crippen LogP contribution is 2.35. The smallest absolute Gasteiger partial charge is 0.250 e. The van der Waals surface area contributed by atoms with Gasteiger partial charge in [-0.15, -0.1) is 0 Å². The van der Waals surface area contributed by atoms with Crippen LogP contribution >= 0.6 is 23.4 Å². The molecule has 2 rings (SSSR count). The molecule has 1 aromatic carbocycles. The lowest BCUT2D eigenvalue weighted by Gasteiger charge is -2.09. The number of rotatable bonds is 7. The van der Waals surface area contributed by atoms with Crippen LogP contribution < -0.4 is 14.9 Å². The second-order valence-electron chi connectivity index (χ2n) is 5.25. The highest BCUT2D eigenvalue weighted by molar-refractivity contribution is 7.99. The molecular formula is C17H19ClN4O3S. The van der Waals surface area contributed by atoms with Crippen LogP contribution in [-0.4, -0.2) is 42.1 Å². The molecule has 1 amide bonds. The first-order valence-corrected chi connectivity index (χ1v) is 8.97. The van der Waals surface area contributed by atoms with E-state index in [1.807, 2.05) is 19.9 Å². The lowest BCUT2D eigenvalue weighted by molar-refractivity contribution is -0.118. The minimum Gasteiger partial charge on any atom is -0.493 e. The van der Waals surface area contributed by atoms with Crippen LogP contribution in [0.4, 0.5) is 0 Å². The summed E-state index contributed by atoms with van der Waals surface area (Å²) in [5, 5.41) is 4.88. The summed E-state index contributed by atoms with van der Waals surface area (Å²) in [5.41, 5.74) is 4.85. The second-order valence-corrected chi connectivity index (χ2v) is 6.60. The molecule has 0 unspecified atom stereocenters. The number of nitrogens with zero attached hydrogens (tertiary/aromatic N) is 3. The molecule has 0 radical (unpaired) electrons. The molecule has 0 spiro atoms. The Morgan fingerprint density at radius 1 is 1.23 bits per heavy atom. The molecular weight excluding hydrogens is 376 g/mol. The van der Waals surface area contributed by atoms with Crippen molar-refractivity contribution in [3.63, 3.8) is 0 Å². The maximum absolute atomic E-state index is 11.9. The van der Waals surface area contributed by atoms with E-state index in [-0.39, 0.29) is 11.7 Å². The molecule has 1 aromatic heterocycles. The van der Waals surface area contributed by atoms with E-state index in [0.29, 0.717) is 27.2 Å². The first kappa shape index (κ1) is 20.0. The van der Waals surface area contributed by atoms with Gasteiger partial charge in [0.2, 0.25) is 0 Å². The fraction of sp³-hybridized carbons (Fsp3) is 0.294. The number of carbonyl (C=O) groups excluding carboxylic acids is 1. The number of hydrogen-bond acceptors (Lipinski definition) is 7. The van der Waals surface area contributed by atoms with E-state index in [2.05, 4.69) is 20.5 Å². The molecule has 9 heteroatoms. The lowest BCUT2D eigenvalue weighted by Crippen LogP contribution is -2.19. The van der Waals surface area contributed by atoms with Crippen molar-refractivity contribution in [3.05, 3.63) is 40.2 Å². The second kappa shape index (κ2) is 9.40. The van der Waals surface area contributed by atoms with Gasteiger partial charge in [-0.2, -0.15) is 5.10 Å². The summed E-state index contributed by atoms with van der Waals surface area (Å²) in [4.78, 5) is 20.4. The standard InChI is InChI=1S/C17H19ClN4O3S/c1-10-5-11(2)21-17(20-10)26-9-15(23)22-19-8-12-6-13(18)16(25-4)14(7-12)24-3/h5-8H,9H2,1-4H3,(H,22,23)/b19-8-. The normalized spacial score (nSPS) is 10.8. The van der Waals surface area contributed by atoms with Crippen LogP contribution in [0.2, 0.25) is 5.02 Å². The third kappa shape index (κ3) is 5.60. The Balaban J connectivity index is 1.93. The number of hydrazone groups is 1. The summed E-state index contributed by atoms with van der Waals surface area (Å²) >= 11 is 7.38. The van der Waals surface area contributed by atoms with Crippen molar-refractivity contribution in [1.82, 2.24) is 15.4 Å².